The molecule has 0 bridgehead atoms. The Kier molecular flexibility index (Phi) is 2.33. The van der Waals surface area contributed by atoms with Gasteiger partial charge in [-0.05, 0) is 78.7 Å². The molecule has 0 unspecified atom stereocenters. The number of carbonyl (C=O) groups is 1. The molecule has 3 heteroatoms. The lowest BCUT2D eigenvalue weighted by Crippen LogP contribution is -2.54. The number of aliphatic hydroxyl groups is 2. The summed E-state index contributed by atoms with van der Waals surface area (Å²) in [6.07, 6.45) is -2.16. The van der Waals surface area contributed by atoms with E-state index in [2.05, 4.69) is 0 Å². The standard InChI is InChI=1S/C19H28O3/c1-18-7-5-11(20)9-15(18)16(21)10-12-13-3-4-17(22)19(13,2)8-6-14(12)18/h9,12-14,16-17,21-22H,3-8,10H2,1-2H3/t12-,13-,14-,16+,17-,18+,19-/m0/s1/i4D2,7D,17D/t7-,12+,13+,14+,16-,17+,18-,19+/m1. The van der Waals surface area contributed by atoms with Crippen LogP contribution in [0.15, 0.2) is 11.6 Å². The molecule has 0 aromatic carbocycles. The summed E-state index contributed by atoms with van der Waals surface area (Å²) in [5, 5.41) is 21.6. The average Bonchev–Trinajstić information content (AvgIpc) is 2.66. The van der Waals surface area contributed by atoms with E-state index in [4.69, 9.17) is 5.48 Å². The maximum atomic E-state index is 12.0. The molecule has 0 aliphatic heterocycles. The summed E-state index contributed by atoms with van der Waals surface area (Å²) in [5.74, 6) is -0.304. The van der Waals surface area contributed by atoms with Gasteiger partial charge in [0.15, 0.2) is 5.78 Å². The molecule has 8 atom stereocenters. The molecule has 3 nitrogen and oxygen atoms in total. The molecule has 3 saturated carbocycles. The largest absolute Gasteiger partial charge is 0.393 e. The van der Waals surface area contributed by atoms with Gasteiger partial charge in [0, 0.05) is 10.5 Å². The maximum absolute atomic E-state index is 12.0. The highest BCUT2D eigenvalue weighted by Gasteiger charge is 2.60. The second-order valence-electron chi connectivity index (χ2n) is 8.07. The molecule has 0 heterocycles. The molecule has 122 valence electrons. The molecule has 4 aliphatic rings. The first-order valence-electron chi connectivity index (χ1n) is 10.5. The molecular formula is C19H28O3. The minimum absolute atomic E-state index is 0.0543. The number of rotatable bonds is 0. The van der Waals surface area contributed by atoms with E-state index in [0.29, 0.717) is 24.8 Å². The van der Waals surface area contributed by atoms with Crippen molar-refractivity contribution in [2.45, 2.75) is 70.9 Å². The van der Waals surface area contributed by atoms with Crippen molar-refractivity contribution in [1.29, 1.82) is 0 Å². The van der Waals surface area contributed by atoms with E-state index < -0.39 is 35.8 Å². The quantitative estimate of drug-likeness (QED) is 0.723. The monoisotopic (exact) mass is 308 g/mol. The van der Waals surface area contributed by atoms with Gasteiger partial charge in [-0.1, -0.05) is 13.8 Å². The smallest absolute Gasteiger partial charge is 0.155 e. The molecule has 0 amide bonds. The van der Waals surface area contributed by atoms with Crippen LogP contribution in [-0.4, -0.2) is 28.2 Å². The summed E-state index contributed by atoms with van der Waals surface area (Å²) < 4.78 is 33.5. The van der Waals surface area contributed by atoms with E-state index in [0.717, 1.165) is 0 Å². The molecule has 3 fully saturated rings. The lowest BCUT2D eigenvalue weighted by molar-refractivity contribution is -0.120. The fourth-order valence-corrected chi connectivity index (χ4v) is 5.78. The van der Waals surface area contributed by atoms with E-state index >= 15 is 0 Å². The van der Waals surface area contributed by atoms with Gasteiger partial charge in [-0.15, -0.1) is 0 Å². The first kappa shape index (κ1) is 11.0. The Morgan fingerprint density at radius 3 is 2.86 bits per heavy atom. The Balaban J connectivity index is 1.79. The number of fused-ring (bicyclic) bond motifs is 5. The Bertz CT molecular complexity index is 690. The van der Waals surface area contributed by atoms with Crippen molar-refractivity contribution in [2.24, 2.45) is 28.6 Å². The van der Waals surface area contributed by atoms with Gasteiger partial charge in [0.2, 0.25) is 0 Å². The van der Waals surface area contributed by atoms with Gasteiger partial charge in [-0.25, -0.2) is 0 Å². The van der Waals surface area contributed by atoms with Crippen molar-refractivity contribution < 1.29 is 20.5 Å². The zero-order valence-corrected chi connectivity index (χ0v) is 13.3. The number of ketones is 1. The SMILES string of the molecule is [2H][C@@H]1CC(=O)C=C2[C@H](O)C[C@@H]3[C@H](CC[C@@]4(C)[C@H]3CC([2H])([2H])[C@]4([2H])O)[C@]21C. The Labute approximate surface area is 138 Å². The maximum Gasteiger partial charge on any atom is 0.155 e. The highest BCUT2D eigenvalue weighted by molar-refractivity contribution is 5.91. The van der Waals surface area contributed by atoms with E-state index in [-0.39, 0.29) is 36.4 Å². The minimum Gasteiger partial charge on any atom is -0.393 e. The molecule has 4 rings (SSSR count). The molecule has 22 heavy (non-hydrogen) atoms. The third-order valence-electron chi connectivity index (χ3n) is 7.15. The summed E-state index contributed by atoms with van der Waals surface area (Å²) in [4.78, 5) is 12.0. The van der Waals surface area contributed by atoms with Gasteiger partial charge in [-0.3, -0.25) is 4.79 Å². The van der Waals surface area contributed by atoms with Crippen molar-refractivity contribution in [3.63, 3.8) is 0 Å². The van der Waals surface area contributed by atoms with E-state index in [1.807, 2.05) is 13.8 Å². The molecule has 4 aliphatic carbocycles. The summed E-state index contributed by atoms with van der Waals surface area (Å²) >= 11 is 0. The number of hydrogen-bond donors (Lipinski definition) is 2. The van der Waals surface area contributed by atoms with Crippen molar-refractivity contribution in [2.75, 3.05) is 0 Å². The van der Waals surface area contributed by atoms with Crippen molar-refractivity contribution in [1.82, 2.24) is 0 Å². The third kappa shape index (κ3) is 1.78. The van der Waals surface area contributed by atoms with Gasteiger partial charge < -0.3 is 10.2 Å². The molecular weight excluding hydrogens is 276 g/mol. The van der Waals surface area contributed by atoms with Crippen molar-refractivity contribution >= 4 is 5.78 Å². The van der Waals surface area contributed by atoms with Crippen LogP contribution in [-0.2, 0) is 4.79 Å². The zero-order chi connectivity index (χ0) is 19.3. The Morgan fingerprint density at radius 2 is 2.09 bits per heavy atom. The summed E-state index contributed by atoms with van der Waals surface area (Å²) in [5.41, 5.74) is -0.801. The second-order valence-corrected chi connectivity index (χ2v) is 8.07. The lowest BCUT2D eigenvalue weighted by atomic mass is 9.47. The summed E-state index contributed by atoms with van der Waals surface area (Å²) in [6.45, 7) is 3.79. The third-order valence-corrected chi connectivity index (χ3v) is 7.15. The fourth-order valence-electron chi connectivity index (χ4n) is 5.78. The van der Waals surface area contributed by atoms with Crippen LogP contribution in [0.1, 0.15) is 64.2 Å². The molecule has 0 saturated heterocycles. The van der Waals surface area contributed by atoms with Crippen LogP contribution >= 0.6 is 0 Å². The highest BCUT2D eigenvalue weighted by atomic mass is 16.3. The number of aliphatic hydroxyl groups excluding tert-OH is 1. The molecule has 0 aromatic rings. The second kappa shape index (κ2) is 4.67. The van der Waals surface area contributed by atoms with Crippen molar-refractivity contribution in [3.8, 4) is 0 Å². The predicted octanol–water partition coefficient (Wildman–Crippen LogP) is 2.85. The van der Waals surface area contributed by atoms with Crippen molar-refractivity contribution in [3.05, 3.63) is 11.6 Å². The van der Waals surface area contributed by atoms with Gasteiger partial charge >= 0.3 is 0 Å². The van der Waals surface area contributed by atoms with E-state index in [1.165, 1.54) is 6.08 Å². The molecule has 0 radical (unpaired) electrons. The average molecular weight is 308 g/mol. The first-order chi connectivity index (χ1) is 11.9. The van der Waals surface area contributed by atoms with Crippen LogP contribution < -0.4 is 0 Å². The molecule has 0 spiro atoms. The Morgan fingerprint density at radius 1 is 1.32 bits per heavy atom. The Hall–Kier alpha value is -0.670. The topological polar surface area (TPSA) is 57.5 Å². The van der Waals surface area contributed by atoms with E-state index in [9.17, 15) is 15.0 Å². The minimum atomic E-state index is -2.15. The van der Waals surface area contributed by atoms with Crippen LogP contribution in [0.5, 0.6) is 0 Å². The predicted molar refractivity (Wildman–Crippen MR) is 84.1 cm³/mol. The first-order valence-corrected chi connectivity index (χ1v) is 8.44. The van der Waals surface area contributed by atoms with Gasteiger partial charge in [0.1, 0.15) is 0 Å². The molecule has 2 N–H and O–H groups in total. The summed E-state index contributed by atoms with van der Waals surface area (Å²) in [6, 6.07) is 0. The van der Waals surface area contributed by atoms with Crippen LogP contribution in [0.25, 0.3) is 0 Å². The van der Waals surface area contributed by atoms with Gasteiger partial charge in [0.05, 0.1) is 13.6 Å². The summed E-state index contributed by atoms with van der Waals surface area (Å²) in [7, 11) is 0. The van der Waals surface area contributed by atoms with Gasteiger partial charge in [-0.2, -0.15) is 0 Å². The van der Waals surface area contributed by atoms with Crippen LogP contribution in [0.2, 0.25) is 0 Å². The molecule has 0 aromatic heterocycles. The lowest BCUT2D eigenvalue weighted by Gasteiger charge is -2.58. The zero-order valence-electron chi connectivity index (χ0n) is 17.3. The normalized spacial score (nSPS) is 65.9. The fraction of sp³-hybridized carbons (Fsp3) is 0.842. The highest BCUT2D eigenvalue weighted by Crippen LogP contribution is 2.65. The number of hydrogen-bond acceptors (Lipinski definition) is 3. The van der Waals surface area contributed by atoms with Crippen LogP contribution in [0.4, 0.5) is 0 Å². The van der Waals surface area contributed by atoms with E-state index in [1.54, 1.807) is 0 Å². The van der Waals surface area contributed by atoms with Crippen LogP contribution in [0, 0.1) is 28.6 Å². The van der Waals surface area contributed by atoms with Gasteiger partial charge in [0.25, 0.3) is 0 Å². The van der Waals surface area contributed by atoms with Crippen LogP contribution in [0.3, 0.4) is 0 Å². The number of carbonyl (C=O) groups excluding carboxylic acids is 1.